The van der Waals surface area contributed by atoms with Crippen LogP contribution in [0.25, 0.3) is 10.2 Å². The summed E-state index contributed by atoms with van der Waals surface area (Å²) in [6, 6.07) is 9.58. The quantitative estimate of drug-likeness (QED) is 0.791. The molecule has 1 aliphatic heterocycles. The number of nitrogens with zero attached hydrogens (tertiary/aromatic N) is 4. The van der Waals surface area contributed by atoms with Crippen LogP contribution in [0.2, 0.25) is 0 Å². The lowest BCUT2D eigenvalue weighted by molar-refractivity contribution is 0.0950. The molecule has 7 heteroatoms. The Hall–Kier alpha value is -2.54. The van der Waals surface area contributed by atoms with E-state index in [4.69, 9.17) is 0 Å². The van der Waals surface area contributed by atoms with Gasteiger partial charge < -0.3 is 10.2 Å². The molecule has 0 aliphatic carbocycles. The lowest BCUT2D eigenvalue weighted by Gasteiger charge is -2.15. The number of thiazole rings is 1. The molecule has 24 heavy (non-hydrogen) atoms. The van der Waals surface area contributed by atoms with Crippen molar-refractivity contribution in [1.82, 2.24) is 20.3 Å². The van der Waals surface area contributed by atoms with Crippen molar-refractivity contribution in [1.29, 1.82) is 0 Å². The number of carbonyl (C=O) groups is 1. The largest absolute Gasteiger partial charge is 0.344 e. The fourth-order valence-corrected chi connectivity index (χ4v) is 3.65. The molecule has 122 valence electrons. The van der Waals surface area contributed by atoms with Crippen LogP contribution >= 0.6 is 11.3 Å². The molecule has 3 aromatic rings. The predicted octanol–water partition coefficient (Wildman–Crippen LogP) is 2.62. The van der Waals surface area contributed by atoms with Gasteiger partial charge in [0.05, 0.1) is 22.5 Å². The van der Waals surface area contributed by atoms with Crippen molar-refractivity contribution in [3.05, 3.63) is 47.2 Å². The third-order valence-corrected chi connectivity index (χ3v) is 5.04. The highest BCUT2D eigenvalue weighted by Crippen LogP contribution is 2.21. The number of aromatic nitrogens is 3. The zero-order valence-electron chi connectivity index (χ0n) is 13.1. The van der Waals surface area contributed by atoms with E-state index in [9.17, 15) is 4.79 Å². The monoisotopic (exact) mass is 339 g/mol. The van der Waals surface area contributed by atoms with Crippen molar-refractivity contribution in [3.8, 4) is 0 Å². The Labute approximate surface area is 143 Å². The standard InChI is InChI=1S/C17H17N5OS/c23-15(16-21-13-5-1-2-6-14(13)24-16)19-11-12-7-8-18-17(20-12)22-9-3-4-10-22/h1-2,5-8H,3-4,9-11H2,(H,19,23). The van der Waals surface area contributed by atoms with Gasteiger partial charge in [-0.3, -0.25) is 4.79 Å². The van der Waals surface area contributed by atoms with Crippen LogP contribution in [0.3, 0.4) is 0 Å². The van der Waals surface area contributed by atoms with Crippen LogP contribution in [0.5, 0.6) is 0 Å². The molecule has 0 atom stereocenters. The number of hydrogen-bond donors (Lipinski definition) is 1. The van der Waals surface area contributed by atoms with Gasteiger partial charge in [0.1, 0.15) is 0 Å². The summed E-state index contributed by atoms with van der Waals surface area (Å²) in [5.41, 5.74) is 1.66. The zero-order chi connectivity index (χ0) is 16.4. The molecule has 6 nitrogen and oxygen atoms in total. The SMILES string of the molecule is O=C(NCc1ccnc(N2CCCC2)n1)c1nc2ccccc2s1. The summed E-state index contributed by atoms with van der Waals surface area (Å²) in [4.78, 5) is 27.7. The molecule has 1 saturated heterocycles. The Morgan fingerprint density at radius 3 is 2.83 bits per heavy atom. The van der Waals surface area contributed by atoms with Crippen LogP contribution in [-0.2, 0) is 6.54 Å². The van der Waals surface area contributed by atoms with E-state index in [0.29, 0.717) is 11.6 Å². The van der Waals surface area contributed by atoms with Crippen LogP contribution in [0, 0.1) is 0 Å². The summed E-state index contributed by atoms with van der Waals surface area (Å²) in [6.45, 7) is 2.38. The predicted molar refractivity (Wildman–Crippen MR) is 94.3 cm³/mol. The lowest BCUT2D eigenvalue weighted by Crippen LogP contribution is -2.25. The van der Waals surface area contributed by atoms with Gasteiger partial charge in [-0.05, 0) is 31.0 Å². The van der Waals surface area contributed by atoms with Crippen molar-refractivity contribution in [2.75, 3.05) is 18.0 Å². The van der Waals surface area contributed by atoms with Crippen molar-refractivity contribution >= 4 is 33.4 Å². The summed E-state index contributed by atoms with van der Waals surface area (Å²) in [7, 11) is 0. The number of amides is 1. The second kappa shape index (κ2) is 6.52. The summed E-state index contributed by atoms with van der Waals surface area (Å²) >= 11 is 1.40. The van der Waals surface area contributed by atoms with Crippen molar-refractivity contribution < 1.29 is 4.79 Å². The summed E-state index contributed by atoms with van der Waals surface area (Å²) in [6.07, 6.45) is 4.11. The van der Waals surface area contributed by atoms with Crippen molar-refractivity contribution in [2.45, 2.75) is 19.4 Å². The maximum atomic E-state index is 12.3. The molecular weight excluding hydrogens is 322 g/mol. The fourth-order valence-electron chi connectivity index (χ4n) is 2.77. The first-order valence-electron chi connectivity index (χ1n) is 8.00. The summed E-state index contributed by atoms with van der Waals surface area (Å²) in [5.74, 6) is 0.580. The highest BCUT2D eigenvalue weighted by molar-refractivity contribution is 7.20. The Kier molecular flexibility index (Phi) is 4.08. The second-order valence-electron chi connectivity index (χ2n) is 5.71. The highest BCUT2D eigenvalue weighted by atomic mass is 32.1. The van der Waals surface area contributed by atoms with E-state index in [-0.39, 0.29) is 5.91 Å². The first kappa shape index (κ1) is 15.0. The van der Waals surface area contributed by atoms with Gasteiger partial charge in [-0.1, -0.05) is 12.1 Å². The maximum absolute atomic E-state index is 12.3. The zero-order valence-corrected chi connectivity index (χ0v) is 13.9. The molecule has 0 bridgehead atoms. The Morgan fingerprint density at radius 1 is 1.17 bits per heavy atom. The van der Waals surface area contributed by atoms with E-state index in [1.54, 1.807) is 6.20 Å². The Balaban J connectivity index is 1.44. The van der Waals surface area contributed by atoms with E-state index in [1.807, 2.05) is 30.3 Å². The Morgan fingerprint density at radius 2 is 2.00 bits per heavy atom. The molecule has 0 saturated carbocycles. The number of hydrogen-bond acceptors (Lipinski definition) is 6. The minimum atomic E-state index is -0.169. The molecule has 0 spiro atoms. The van der Waals surface area contributed by atoms with Gasteiger partial charge >= 0.3 is 0 Å². The van der Waals surface area contributed by atoms with Gasteiger partial charge in [0.15, 0.2) is 5.01 Å². The number of anilines is 1. The summed E-state index contributed by atoms with van der Waals surface area (Å²) in [5, 5.41) is 3.37. The topological polar surface area (TPSA) is 71.0 Å². The van der Waals surface area contributed by atoms with Gasteiger partial charge in [0, 0.05) is 19.3 Å². The number of rotatable bonds is 4. The minimum absolute atomic E-state index is 0.169. The van der Waals surface area contributed by atoms with E-state index < -0.39 is 0 Å². The van der Waals surface area contributed by atoms with Crippen LogP contribution in [-0.4, -0.2) is 33.9 Å². The third kappa shape index (κ3) is 3.07. The molecule has 1 aliphatic rings. The maximum Gasteiger partial charge on any atom is 0.280 e. The Bertz CT molecular complexity index is 839. The molecular formula is C17H17N5OS. The van der Waals surface area contributed by atoms with Gasteiger partial charge in [0.25, 0.3) is 5.91 Å². The van der Waals surface area contributed by atoms with Crippen molar-refractivity contribution in [2.24, 2.45) is 0 Å². The smallest absolute Gasteiger partial charge is 0.280 e. The first-order valence-corrected chi connectivity index (χ1v) is 8.82. The van der Waals surface area contributed by atoms with Crippen molar-refractivity contribution in [3.63, 3.8) is 0 Å². The molecule has 0 radical (unpaired) electrons. The molecule has 1 aromatic carbocycles. The van der Waals surface area contributed by atoms with E-state index in [1.165, 1.54) is 24.2 Å². The molecule has 1 fully saturated rings. The second-order valence-corrected chi connectivity index (χ2v) is 6.74. The first-order chi connectivity index (χ1) is 11.8. The van der Waals surface area contributed by atoms with Crippen LogP contribution in [0.1, 0.15) is 28.3 Å². The fraction of sp³-hybridized carbons (Fsp3) is 0.294. The van der Waals surface area contributed by atoms with Gasteiger partial charge in [-0.2, -0.15) is 0 Å². The van der Waals surface area contributed by atoms with E-state index in [0.717, 1.165) is 34.9 Å². The van der Waals surface area contributed by atoms with Crippen LogP contribution in [0.15, 0.2) is 36.5 Å². The number of para-hydroxylation sites is 1. The average molecular weight is 339 g/mol. The number of benzene rings is 1. The molecule has 1 N–H and O–H groups in total. The molecule has 3 heterocycles. The average Bonchev–Trinajstić information content (AvgIpc) is 3.29. The molecule has 0 unspecified atom stereocenters. The number of fused-ring (bicyclic) bond motifs is 1. The normalized spacial score (nSPS) is 14.2. The lowest BCUT2D eigenvalue weighted by atomic mass is 10.3. The van der Waals surface area contributed by atoms with E-state index >= 15 is 0 Å². The van der Waals surface area contributed by atoms with E-state index in [2.05, 4.69) is 25.2 Å². The third-order valence-electron chi connectivity index (χ3n) is 4.01. The van der Waals surface area contributed by atoms with Gasteiger partial charge in [-0.15, -0.1) is 11.3 Å². The summed E-state index contributed by atoms with van der Waals surface area (Å²) < 4.78 is 1.01. The van der Waals surface area contributed by atoms with Crippen LogP contribution < -0.4 is 10.2 Å². The van der Waals surface area contributed by atoms with Crippen LogP contribution in [0.4, 0.5) is 5.95 Å². The van der Waals surface area contributed by atoms with Gasteiger partial charge in [-0.25, -0.2) is 15.0 Å². The molecule has 1 amide bonds. The molecule has 2 aromatic heterocycles. The minimum Gasteiger partial charge on any atom is -0.344 e. The highest BCUT2D eigenvalue weighted by Gasteiger charge is 2.16. The number of carbonyl (C=O) groups excluding carboxylic acids is 1. The number of nitrogens with one attached hydrogen (secondary N) is 1. The molecule has 4 rings (SSSR count). The van der Waals surface area contributed by atoms with Gasteiger partial charge in [0.2, 0.25) is 5.95 Å².